The van der Waals surface area contributed by atoms with E-state index in [-0.39, 0.29) is 104 Å². The molecular formula is C86H128N16O24. The van der Waals surface area contributed by atoms with Gasteiger partial charge in [-0.3, -0.25) is 38.4 Å². The van der Waals surface area contributed by atoms with Crippen LogP contribution < -0.4 is 105 Å². The molecule has 2 aliphatic rings. The third-order valence-electron chi connectivity index (χ3n) is 14.6. The second-order valence-corrected chi connectivity index (χ2v) is 26.2. The van der Waals surface area contributed by atoms with Crippen molar-refractivity contribution in [1.82, 2.24) is 21.3 Å². The summed E-state index contributed by atoms with van der Waals surface area (Å²) in [5.41, 5.74) is 5.52. The minimum atomic E-state index is -2.33. The maximum atomic E-state index is 10.5. The Hall–Kier alpha value is -13.9. The van der Waals surface area contributed by atoms with E-state index in [2.05, 4.69) is 85.1 Å². The summed E-state index contributed by atoms with van der Waals surface area (Å²) in [6, 6.07) is 50.5. The molecule has 10 rings (SSSR count). The van der Waals surface area contributed by atoms with E-state index in [1.54, 1.807) is 97.1 Å². The number of hydrogen-bond acceptors (Lipinski definition) is 26. The molecule has 0 atom stereocenters. The van der Waals surface area contributed by atoms with Crippen LogP contribution in [0.25, 0.3) is 0 Å². The zero-order valence-electron chi connectivity index (χ0n) is 72.2. The zero-order chi connectivity index (χ0) is 93.1. The van der Waals surface area contributed by atoms with Gasteiger partial charge in [0.1, 0.15) is 46.0 Å². The zero-order valence-corrected chi connectivity index (χ0v) is 72.2. The van der Waals surface area contributed by atoms with Crippen LogP contribution >= 0.6 is 0 Å². The number of anilines is 8. The summed E-state index contributed by atoms with van der Waals surface area (Å²) in [6.45, 7) is 30.8. The van der Waals surface area contributed by atoms with Crippen molar-refractivity contribution in [3.8, 4) is 46.0 Å². The summed E-state index contributed by atoms with van der Waals surface area (Å²) in [6.07, 6.45) is 0.500. The van der Waals surface area contributed by atoms with Gasteiger partial charge in [0.15, 0.2) is 0 Å². The fraction of sp³-hybridized carbons (Fsp3) is 0.326. The lowest BCUT2D eigenvalue weighted by atomic mass is 10.3. The van der Waals surface area contributed by atoms with Gasteiger partial charge in [0.25, 0.3) is 0 Å². The third-order valence-corrected chi connectivity index (χ3v) is 14.6. The third kappa shape index (κ3) is 82.4. The Morgan fingerprint density at radius 3 is 0.413 bits per heavy atom. The highest BCUT2D eigenvalue weighted by Crippen LogP contribution is 2.19. The van der Waals surface area contributed by atoms with Gasteiger partial charge in [0.05, 0.1) is 52.4 Å². The van der Waals surface area contributed by atoms with Crippen molar-refractivity contribution < 1.29 is 141 Å². The SMILES string of the molecule is C1CNCC[NH2+]CCCNCC[NH2+]C1.C1CNCC[NH2+]CCCNCC[NH2+]C1.CC(=O)Nc1ccc(O)cc1.CC(=O)Nc1ccc(O)cc1.CC(=O)Nc1ccc(O)cc1.CC(=O)Nc1ccc(O)cc1.CC(=O)Nc1ccc(O)cc1.CC(=O)Nc1ccc(O)cc1.CC(=O)Nc1ccc(O)cc1.CC(=O)Nc1ccc(O)cc1.O.O.O=C([O-])[O-].O=C([O-])[O-]. The van der Waals surface area contributed by atoms with Crippen LogP contribution in [0.2, 0.25) is 0 Å². The molecule has 2 fully saturated rings. The van der Waals surface area contributed by atoms with E-state index in [0.717, 1.165) is 26.2 Å². The first-order valence-corrected chi connectivity index (χ1v) is 39.3. The van der Waals surface area contributed by atoms with E-state index in [0.29, 0.717) is 45.5 Å². The number of carbonyl (C=O) groups is 10. The van der Waals surface area contributed by atoms with Crippen LogP contribution in [-0.2, 0) is 38.4 Å². The molecule has 8 amide bonds. The van der Waals surface area contributed by atoms with Crippen molar-refractivity contribution in [3.63, 3.8) is 0 Å². The van der Waals surface area contributed by atoms with E-state index in [9.17, 15) is 38.4 Å². The Balaban J connectivity index is -0.000000649. The molecule has 126 heavy (non-hydrogen) atoms. The van der Waals surface area contributed by atoms with Gasteiger partial charge < -0.3 is 167 Å². The average molecular weight is 1770 g/mol. The van der Waals surface area contributed by atoms with Crippen LogP contribution in [0.15, 0.2) is 194 Å². The molecule has 8 aromatic carbocycles. The molecule has 0 saturated carbocycles. The lowest BCUT2D eigenvalue weighted by Gasteiger charge is -2.07. The van der Waals surface area contributed by atoms with Crippen molar-refractivity contribution in [2.45, 2.75) is 81.1 Å². The molecule has 0 unspecified atom stereocenters. The van der Waals surface area contributed by atoms with E-state index >= 15 is 0 Å². The van der Waals surface area contributed by atoms with Crippen molar-refractivity contribution in [2.75, 3.05) is 147 Å². The van der Waals surface area contributed by atoms with Crippen LogP contribution in [0.5, 0.6) is 46.0 Å². The molecule has 8 aromatic rings. The predicted octanol–water partition coefficient (Wildman–Crippen LogP) is -1.57. The second-order valence-electron chi connectivity index (χ2n) is 26.2. The van der Waals surface area contributed by atoms with Crippen LogP contribution in [0.4, 0.5) is 55.1 Å². The highest BCUT2D eigenvalue weighted by Gasteiger charge is 2.03. The minimum absolute atomic E-state index is 0. The van der Waals surface area contributed by atoms with E-state index < -0.39 is 12.3 Å². The topological polar surface area (TPSA) is 699 Å². The monoisotopic (exact) mass is 1770 g/mol. The number of nitrogens with one attached hydrogen (secondary N) is 12. The summed E-state index contributed by atoms with van der Waals surface area (Å²) < 4.78 is 0. The summed E-state index contributed by atoms with van der Waals surface area (Å²) in [7, 11) is 0. The van der Waals surface area contributed by atoms with Gasteiger partial charge in [0, 0.05) is 179 Å². The summed E-state index contributed by atoms with van der Waals surface area (Å²) in [4.78, 5) is 101. The maximum Gasteiger partial charge on any atom is 0.221 e. The molecule has 0 radical (unpaired) electrons. The number of rotatable bonds is 8. The summed E-state index contributed by atoms with van der Waals surface area (Å²) >= 11 is 0. The number of aromatic hydroxyl groups is 8. The lowest BCUT2D eigenvalue weighted by Crippen LogP contribution is -2.87. The van der Waals surface area contributed by atoms with Gasteiger partial charge in [-0.25, -0.2) is 0 Å². The molecule has 2 saturated heterocycles. The largest absolute Gasteiger partial charge is 0.652 e. The molecule has 0 spiro atoms. The molecule has 40 nitrogen and oxygen atoms in total. The summed E-state index contributed by atoms with van der Waals surface area (Å²) in [5, 5.41) is 149. The fourth-order valence-corrected chi connectivity index (χ4v) is 9.36. The highest BCUT2D eigenvalue weighted by molar-refractivity contribution is 5.92. The standard InChI is InChI=1S/2C10H24N4.8C8H9NO2.2CH2O3.2H2O/c2*1-3-11-7-9-13-5-2-6-14-10-8-12-4-1;8*1-6(10)9-7-2-4-8(11)5-3-7;2*2-1(3)4;;/h2*11-14H,1-10H2;8*2-5,11H,1H3,(H,9,10);2*(H2,2,3,4);2*1H2. The number of carboxylic acid groups (broad SMARTS) is 4. The van der Waals surface area contributed by atoms with Gasteiger partial charge in [0.2, 0.25) is 47.3 Å². The molecular weight excluding hydrogens is 1640 g/mol. The molecule has 40 heteroatoms. The van der Waals surface area contributed by atoms with E-state index in [4.69, 9.17) is 70.9 Å². The van der Waals surface area contributed by atoms with Crippen molar-refractivity contribution >= 4 is 105 Å². The fourth-order valence-electron chi connectivity index (χ4n) is 9.36. The van der Waals surface area contributed by atoms with Gasteiger partial charge in [-0.15, -0.1) is 0 Å². The normalized spacial score (nSPS) is 12.1. The van der Waals surface area contributed by atoms with E-state index in [1.807, 2.05) is 0 Å². The number of hydrogen-bond donors (Lipinski definition) is 24. The Kier molecular flexibility index (Phi) is 72.5. The Morgan fingerprint density at radius 1 is 0.214 bits per heavy atom. The lowest BCUT2D eigenvalue weighted by molar-refractivity contribution is -0.655. The first kappa shape index (κ1) is 118. The number of phenols is 8. The molecule has 32 N–H and O–H groups in total. The minimum Gasteiger partial charge on any atom is -0.652 e. The van der Waals surface area contributed by atoms with Crippen molar-refractivity contribution in [3.05, 3.63) is 194 Å². The Morgan fingerprint density at radius 2 is 0.317 bits per heavy atom. The quantitative estimate of drug-likeness (QED) is 0.0765. The predicted molar refractivity (Wildman–Crippen MR) is 474 cm³/mol. The van der Waals surface area contributed by atoms with Gasteiger partial charge in [-0.2, -0.15) is 0 Å². The highest BCUT2D eigenvalue weighted by atomic mass is 16.6. The number of amides is 8. The van der Waals surface area contributed by atoms with Crippen LogP contribution in [0.3, 0.4) is 0 Å². The first-order valence-electron chi connectivity index (χ1n) is 39.3. The smallest absolute Gasteiger partial charge is 0.221 e. The summed E-state index contributed by atoms with van der Waals surface area (Å²) in [5.74, 6) is 0.628. The van der Waals surface area contributed by atoms with Crippen LogP contribution in [0, 0.1) is 0 Å². The first-order chi connectivity index (χ1) is 58.9. The number of carbonyl (C=O) groups excluding carboxylic acids is 10. The van der Waals surface area contributed by atoms with Gasteiger partial charge >= 0.3 is 0 Å². The number of nitrogens with two attached hydrogens (primary N) is 4. The second kappa shape index (κ2) is 77.1. The van der Waals surface area contributed by atoms with Crippen LogP contribution in [-0.4, -0.2) is 216 Å². The van der Waals surface area contributed by atoms with Gasteiger partial charge in [-0.05, 0) is 206 Å². The number of quaternary nitrogens is 4. The average Bonchev–Trinajstić information content (AvgIpc) is 0.971. The van der Waals surface area contributed by atoms with Crippen molar-refractivity contribution in [2.24, 2.45) is 0 Å². The molecule has 0 aliphatic carbocycles. The number of phenolic OH excluding ortho intramolecular Hbond substituents is 8. The van der Waals surface area contributed by atoms with E-state index in [1.165, 1.54) is 257 Å². The molecule has 0 aromatic heterocycles. The molecule has 0 bridgehead atoms. The van der Waals surface area contributed by atoms with Crippen LogP contribution in [0.1, 0.15) is 81.1 Å². The molecule has 696 valence electrons. The number of benzene rings is 8. The molecule has 2 heterocycles. The molecule has 2 aliphatic heterocycles. The van der Waals surface area contributed by atoms with Crippen molar-refractivity contribution in [1.29, 1.82) is 0 Å². The Bertz CT molecular complexity index is 3360. The Labute approximate surface area is 733 Å². The van der Waals surface area contributed by atoms with Gasteiger partial charge in [-0.1, -0.05) is 0 Å². The maximum absolute atomic E-state index is 10.5.